The number of carbonyl (C=O) groups is 4. The van der Waals surface area contributed by atoms with Crippen molar-refractivity contribution in [1.29, 1.82) is 0 Å². The topological polar surface area (TPSA) is 93.2 Å². The number of anilines is 2. The predicted molar refractivity (Wildman–Crippen MR) is 213 cm³/mol. The fraction of sp³-hybridized carbons (Fsp3) is 0.0638. The van der Waals surface area contributed by atoms with Crippen LogP contribution in [0.1, 0.15) is 77.5 Å². The predicted octanol–water partition coefficient (Wildman–Crippen LogP) is 10.5. The Bertz CT molecular complexity index is 2390. The quantitative estimate of drug-likeness (QED) is 0.131. The molecular weight excluding hydrogens is 689 g/mol. The highest BCUT2D eigenvalue weighted by Gasteiger charge is 2.40. The molecule has 6 aromatic carbocycles. The Kier molecular flexibility index (Phi) is 9.22. The van der Waals surface area contributed by atoms with Gasteiger partial charge in [-0.2, -0.15) is 0 Å². The summed E-state index contributed by atoms with van der Waals surface area (Å²) in [6.45, 7) is 3.83. The van der Waals surface area contributed by atoms with Gasteiger partial charge in [0.2, 0.25) is 0 Å². The maximum Gasteiger partial charge on any atom is 0.269 e. The summed E-state index contributed by atoms with van der Waals surface area (Å²) in [6, 6.07) is 39.6. The molecule has 0 N–H and O–H groups in total. The second kappa shape index (κ2) is 14.6. The van der Waals surface area contributed by atoms with Crippen LogP contribution in [0.3, 0.4) is 0 Å². The third kappa shape index (κ3) is 6.40. The molecule has 268 valence electrons. The lowest BCUT2D eigenvalue weighted by molar-refractivity contribution is 0.0909. The van der Waals surface area contributed by atoms with Gasteiger partial charge in [0, 0.05) is 11.1 Å². The van der Waals surface area contributed by atoms with Crippen molar-refractivity contribution in [3.05, 3.63) is 190 Å². The number of rotatable bonds is 10. The highest BCUT2D eigenvalue weighted by Crippen LogP contribution is 2.39. The zero-order chi connectivity index (χ0) is 38.1. The van der Waals surface area contributed by atoms with Crippen molar-refractivity contribution in [1.82, 2.24) is 0 Å². The van der Waals surface area contributed by atoms with Gasteiger partial charge in [-0.25, -0.2) is 9.80 Å². The van der Waals surface area contributed by atoms with Gasteiger partial charge in [0.25, 0.3) is 23.6 Å². The first-order valence-electron chi connectivity index (χ1n) is 17.9. The van der Waals surface area contributed by atoms with E-state index in [-0.39, 0.29) is 22.3 Å². The minimum Gasteiger partial charge on any atom is -0.456 e. The summed E-state index contributed by atoms with van der Waals surface area (Å²) in [5.74, 6) is 0.0556. The molecular formula is C47H34N2O6. The number of hydrogen-bond acceptors (Lipinski definition) is 6. The molecule has 0 unspecified atom stereocenters. The van der Waals surface area contributed by atoms with E-state index in [2.05, 4.69) is 0 Å². The molecule has 2 aliphatic heterocycles. The summed E-state index contributed by atoms with van der Waals surface area (Å²) < 4.78 is 12.4. The number of imide groups is 2. The van der Waals surface area contributed by atoms with E-state index in [1.165, 1.54) is 9.80 Å². The lowest BCUT2D eigenvalue weighted by atomic mass is 10.0. The van der Waals surface area contributed by atoms with Crippen LogP contribution in [0.2, 0.25) is 0 Å². The van der Waals surface area contributed by atoms with Gasteiger partial charge in [-0.05, 0) is 92.1 Å². The minimum atomic E-state index is -0.451. The molecule has 8 nitrogen and oxygen atoms in total. The van der Waals surface area contributed by atoms with Crippen LogP contribution in [-0.4, -0.2) is 23.6 Å². The third-order valence-corrected chi connectivity index (χ3v) is 9.52. The van der Waals surface area contributed by atoms with Crippen LogP contribution in [0.5, 0.6) is 23.0 Å². The number of nitrogens with zero attached hydrogens (tertiary/aromatic N) is 2. The molecule has 6 aromatic rings. The van der Waals surface area contributed by atoms with E-state index in [1.807, 2.05) is 111 Å². The number of fused-ring (bicyclic) bond motifs is 2. The first-order valence-corrected chi connectivity index (χ1v) is 17.9. The van der Waals surface area contributed by atoms with E-state index in [9.17, 15) is 19.2 Å². The van der Waals surface area contributed by atoms with E-state index in [0.717, 1.165) is 22.3 Å². The van der Waals surface area contributed by atoms with Crippen molar-refractivity contribution in [3.8, 4) is 23.0 Å². The van der Waals surface area contributed by atoms with Gasteiger partial charge in [-0.3, -0.25) is 19.2 Å². The first kappa shape index (κ1) is 34.7. The Morgan fingerprint density at radius 3 is 1.22 bits per heavy atom. The summed E-state index contributed by atoms with van der Waals surface area (Å²) in [7, 11) is 0. The second-order valence-corrected chi connectivity index (χ2v) is 13.0. The molecule has 0 aromatic heterocycles. The molecule has 0 saturated carbocycles. The highest BCUT2D eigenvalue weighted by molar-refractivity contribution is 6.36. The Labute approximate surface area is 318 Å². The number of benzene rings is 6. The smallest absolute Gasteiger partial charge is 0.269 e. The van der Waals surface area contributed by atoms with E-state index >= 15 is 0 Å². The average Bonchev–Trinajstić information content (AvgIpc) is 3.62. The molecule has 0 fully saturated rings. The fourth-order valence-electron chi connectivity index (χ4n) is 6.93. The summed E-state index contributed by atoms with van der Waals surface area (Å²) in [5, 5.41) is 0. The van der Waals surface area contributed by atoms with Crippen molar-refractivity contribution in [2.45, 2.75) is 20.3 Å². The molecule has 0 radical (unpaired) electrons. The van der Waals surface area contributed by atoms with Gasteiger partial charge in [-0.1, -0.05) is 97.1 Å². The lowest BCUT2D eigenvalue weighted by Gasteiger charge is -2.16. The zero-order valence-electron chi connectivity index (χ0n) is 30.1. The highest BCUT2D eigenvalue weighted by atomic mass is 16.5. The Morgan fingerprint density at radius 2 is 0.818 bits per heavy atom. The van der Waals surface area contributed by atoms with Crippen LogP contribution in [0.25, 0.3) is 12.2 Å². The molecule has 0 saturated heterocycles. The molecule has 2 aliphatic rings. The lowest BCUT2D eigenvalue weighted by Crippen LogP contribution is -2.29. The number of carbonyl (C=O) groups excluding carboxylic acids is 4. The molecule has 8 heteroatoms. The van der Waals surface area contributed by atoms with Gasteiger partial charge in [-0.15, -0.1) is 0 Å². The number of amides is 4. The van der Waals surface area contributed by atoms with Crippen LogP contribution in [0.15, 0.2) is 146 Å². The molecule has 0 atom stereocenters. The van der Waals surface area contributed by atoms with Crippen molar-refractivity contribution in [2.75, 3.05) is 9.80 Å². The monoisotopic (exact) mass is 722 g/mol. The summed E-state index contributed by atoms with van der Waals surface area (Å²) in [5.41, 5.74) is 5.51. The van der Waals surface area contributed by atoms with Gasteiger partial charge >= 0.3 is 0 Å². The molecule has 0 spiro atoms. The SMILES string of the molecule is C/C=C\c1ccccc1Oc1cccc2c1C(=O)N(c1ccc(Cc3ccc(N4C(=O)c5cccc(Oc6ccccc6/C=C\C)c5C4=O)cc3)cc1)C2=O. The third-order valence-electron chi connectivity index (χ3n) is 9.52. The van der Waals surface area contributed by atoms with Crippen LogP contribution in [0, 0.1) is 0 Å². The summed E-state index contributed by atoms with van der Waals surface area (Å²) >= 11 is 0. The van der Waals surface area contributed by atoms with Crippen LogP contribution < -0.4 is 19.3 Å². The minimum absolute atomic E-state index is 0.225. The second-order valence-electron chi connectivity index (χ2n) is 13.0. The van der Waals surface area contributed by atoms with Crippen molar-refractivity contribution >= 4 is 47.2 Å². The van der Waals surface area contributed by atoms with Crippen LogP contribution in [0.4, 0.5) is 11.4 Å². The Balaban J connectivity index is 0.969. The average molecular weight is 723 g/mol. The van der Waals surface area contributed by atoms with E-state index in [1.54, 1.807) is 60.7 Å². The van der Waals surface area contributed by atoms with Gasteiger partial charge < -0.3 is 9.47 Å². The number of para-hydroxylation sites is 2. The number of ether oxygens (including phenoxy) is 2. The first-order chi connectivity index (χ1) is 26.9. The molecule has 0 aliphatic carbocycles. The van der Waals surface area contributed by atoms with Crippen molar-refractivity contribution in [2.24, 2.45) is 0 Å². The van der Waals surface area contributed by atoms with Crippen molar-refractivity contribution < 1.29 is 28.7 Å². The van der Waals surface area contributed by atoms with Gasteiger partial charge in [0.05, 0.1) is 33.6 Å². The molecule has 0 bridgehead atoms. The Morgan fingerprint density at radius 1 is 0.436 bits per heavy atom. The van der Waals surface area contributed by atoms with E-state index in [4.69, 9.17) is 9.47 Å². The largest absolute Gasteiger partial charge is 0.456 e. The van der Waals surface area contributed by atoms with E-state index < -0.39 is 23.6 Å². The molecule has 55 heavy (non-hydrogen) atoms. The fourth-order valence-corrected chi connectivity index (χ4v) is 6.93. The Hall–Kier alpha value is -7.32. The summed E-state index contributed by atoms with van der Waals surface area (Å²) in [6.07, 6.45) is 8.19. The van der Waals surface area contributed by atoms with Crippen molar-refractivity contribution in [3.63, 3.8) is 0 Å². The van der Waals surface area contributed by atoms with E-state index in [0.29, 0.717) is 40.8 Å². The van der Waals surface area contributed by atoms with Crippen LogP contribution in [-0.2, 0) is 6.42 Å². The standard InChI is InChI=1S/C47H34N2O6/c1-3-11-32-13-5-7-17-38(32)54-40-19-9-15-36-42(40)46(52)48(44(36)50)34-25-21-30(22-26-34)29-31-23-27-35(28-24-31)49-45(51)37-16-10-20-41(43(37)47(49)53)55-39-18-8-6-14-33(39)12-4-2/h3-28H,29H2,1-2H3/b11-3-,12-4-. The normalized spacial score (nSPS) is 13.6. The molecule has 2 heterocycles. The summed E-state index contributed by atoms with van der Waals surface area (Å²) in [4.78, 5) is 56.9. The maximum absolute atomic E-state index is 13.8. The number of hydrogen-bond donors (Lipinski definition) is 0. The molecule has 4 amide bonds. The molecule has 8 rings (SSSR count). The van der Waals surface area contributed by atoms with Gasteiger partial charge in [0.1, 0.15) is 23.0 Å². The zero-order valence-corrected chi connectivity index (χ0v) is 30.1. The maximum atomic E-state index is 13.8. The van der Waals surface area contributed by atoms with Crippen LogP contribution >= 0.6 is 0 Å². The van der Waals surface area contributed by atoms with Gasteiger partial charge in [0.15, 0.2) is 0 Å². The number of allylic oxidation sites excluding steroid dienone is 2.